The van der Waals surface area contributed by atoms with Crippen LogP contribution in [-0.2, 0) is 0 Å². The Morgan fingerprint density at radius 1 is 1.23 bits per heavy atom. The number of fused-ring (bicyclic) bond motifs is 1. The van der Waals surface area contributed by atoms with E-state index in [-0.39, 0.29) is 17.3 Å². The monoisotopic (exact) mass is 362 g/mol. The number of hydrogen-bond acceptors (Lipinski definition) is 2. The maximum Gasteiger partial charge on any atom is 0.214 e. The molecule has 0 aliphatic carbocycles. The van der Waals surface area contributed by atoms with Gasteiger partial charge in [0.05, 0.1) is 5.92 Å². The van der Waals surface area contributed by atoms with Crippen molar-refractivity contribution in [2.45, 2.75) is 5.92 Å². The Hall–Kier alpha value is -2.21. The van der Waals surface area contributed by atoms with Gasteiger partial charge in [0.15, 0.2) is 0 Å². The first-order chi connectivity index (χ1) is 10.5. The number of halogens is 2. The third kappa shape index (κ3) is 2.87. The van der Waals surface area contributed by atoms with Crippen LogP contribution in [0.5, 0.6) is 0 Å². The summed E-state index contributed by atoms with van der Waals surface area (Å²) in [5.74, 6) is -0.788. The lowest BCUT2D eigenvalue weighted by Gasteiger charge is -2.13. The van der Waals surface area contributed by atoms with Crippen molar-refractivity contribution in [2.24, 2.45) is 0 Å². The van der Waals surface area contributed by atoms with Crippen LogP contribution in [0.4, 0.5) is 4.39 Å². The number of nitro groups is 1. The van der Waals surface area contributed by atoms with E-state index in [4.69, 9.17) is 0 Å². The lowest BCUT2D eigenvalue weighted by molar-refractivity contribution is -0.481. The van der Waals surface area contributed by atoms with Gasteiger partial charge in [-0.3, -0.25) is 10.1 Å². The average Bonchev–Trinajstić information content (AvgIpc) is 2.88. The highest BCUT2D eigenvalue weighted by Gasteiger charge is 2.23. The predicted molar refractivity (Wildman–Crippen MR) is 86.1 cm³/mol. The molecule has 0 bridgehead atoms. The first kappa shape index (κ1) is 14.7. The van der Waals surface area contributed by atoms with Crippen molar-refractivity contribution in [3.8, 4) is 0 Å². The molecule has 3 aromatic rings. The SMILES string of the molecule is O=[N+]([O-])C[C@H](c1ccc(F)cc1)c1c[nH]c2ccc(Br)cc12. The zero-order valence-electron chi connectivity index (χ0n) is 11.4. The van der Waals surface area contributed by atoms with Crippen molar-refractivity contribution in [3.63, 3.8) is 0 Å². The summed E-state index contributed by atoms with van der Waals surface area (Å²) in [7, 11) is 0. The summed E-state index contributed by atoms with van der Waals surface area (Å²) >= 11 is 3.42. The number of aromatic amines is 1. The molecule has 1 heterocycles. The molecule has 0 aliphatic heterocycles. The molecule has 1 atom stereocenters. The highest BCUT2D eigenvalue weighted by Crippen LogP contribution is 2.32. The van der Waals surface area contributed by atoms with E-state index in [2.05, 4.69) is 20.9 Å². The van der Waals surface area contributed by atoms with E-state index in [1.54, 1.807) is 18.3 Å². The molecule has 1 N–H and O–H groups in total. The van der Waals surface area contributed by atoms with E-state index in [0.717, 1.165) is 26.5 Å². The predicted octanol–water partition coefficient (Wildman–Crippen LogP) is 4.48. The van der Waals surface area contributed by atoms with Crippen LogP contribution >= 0.6 is 15.9 Å². The summed E-state index contributed by atoms with van der Waals surface area (Å²) in [6.45, 7) is -0.245. The molecule has 112 valence electrons. The molecule has 6 heteroatoms. The first-order valence-electron chi connectivity index (χ1n) is 6.68. The summed E-state index contributed by atoms with van der Waals surface area (Å²) in [6, 6.07) is 11.6. The second-order valence-corrected chi connectivity index (χ2v) is 5.97. The average molecular weight is 363 g/mol. The number of aromatic nitrogens is 1. The van der Waals surface area contributed by atoms with E-state index in [0.29, 0.717) is 0 Å². The number of hydrogen-bond donors (Lipinski definition) is 1. The zero-order chi connectivity index (χ0) is 15.7. The molecule has 0 saturated carbocycles. The number of H-pyrrole nitrogens is 1. The number of benzene rings is 2. The quantitative estimate of drug-likeness (QED) is 0.549. The molecule has 22 heavy (non-hydrogen) atoms. The fraction of sp³-hybridized carbons (Fsp3) is 0.125. The second-order valence-electron chi connectivity index (χ2n) is 5.05. The minimum atomic E-state index is -0.432. The maximum absolute atomic E-state index is 13.1. The largest absolute Gasteiger partial charge is 0.361 e. The molecule has 1 aromatic heterocycles. The van der Waals surface area contributed by atoms with Gasteiger partial charge >= 0.3 is 0 Å². The van der Waals surface area contributed by atoms with Crippen molar-refractivity contribution in [3.05, 3.63) is 80.2 Å². The van der Waals surface area contributed by atoms with Crippen LogP contribution in [0.15, 0.2) is 53.1 Å². The number of nitrogens with zero attached hydrogens (tertiary/aromatic N) is 1. The highest BCUT2D eigenvalue weighted by molar-refractivity contribution is 9.10. The van der Waals surface area contributed by atoms with Crippen LogP contribution in [0.25, 0.3) is 10.9 Å². The van der Waals surface area contributed by atoms with Crippen LogP contribution in [-0.4, -0.2) is 16.5 Å². The van der Waals surface area contributed by atoms with Gasteiger partial charge in [-0.15, -0.1) is 0 Å². The van der Waals surface area contributed by atoms with E-state index in [9.17, 15) is 14.5 Å². The van der Waals surface area contributed by atoms with Crippen LogP contribution in [0.3, 0.4) is 0 Å². The van der Waals surface area contributed by atoms with Crippen LogP contribution < -0.4 is 0 Å². The molecule has 0 radical (unpaired) electrons. The lowest BCUT2D eigenvalue weighted by atomic mass is 9.91. The molecule has 3 rings (SSSR count). The fourth-order valence-corrected chi connectivity index (χ4v) is 2.99. The minimum Gasteiger partial charge on any atom is -0.361 e. The standard InChI is InChI=1S/C16H12BrFN2O2/c17-11-3-6-16-13(7-11)14(8-19-16)15(9-20(21)22)10-1-4-12(18)5-2-10/h1-8,15,19H,9H2/t15-/m1/s1. The Kier molecular flexibility index (Phi) is 3.94. The molecule has 2 aromatic carbocycles. The zero-order valence-corrected chi connectivity index (χ0v) is 13.0. The lowest BCUT2D eigenvalue weighted by Crippen LogP contribution is -2.13. The third-order valence-corrected chi connectivity index (χ3v) is 4.15. The van der Waals surface area contributed by atoms with Gasteiger partial charge in [0.2, 0.25) is 6.54 Å². The summed E-state index contributed by atoms with van der Waals surface area (Å²) in [4.78, 5) is 13.9. The molecule has 0 spiro atoms. The van der Waals surface area contributed by atoms with Gasteiger partial charge < -0.3 is 4.98 Å². The molecule has 0 fully saturated rings. The van der Waals surface area contributed by atoms with Crippen LogP contribution in [0.2, 0.25) is 0 Å². The van der Waals surface area contributed by atoms with Crippen molar-refractivity contribution in [1.29, 1.82) is 0 Å². The van der Waals surface area contributed by atoms with Crippen LogP contribution in [0.1, 0.15) is 17.0 Å². The second kappa shape index (κ2) is 5.88. The fourth-order valence-electron chi connectivity index (χ4n) is 2.63. The van der Waals surface area contributed by atoms with Gasteiger partial charge in [-0.25, -0.2) is 4.39 Å². The molecule has 0 unspecified atom stereocenters. The Bertz CT molecular complexity index is 830. The minimum absolute atomic E-state index is 0.245. The van der Waals surface area contributed by atoms with Crippen molar-refractivity contribution in [2.75, 3.05) is 6.54 Å². The molecule has 0 aliphatic rings. The summed E-state index contributed by atoms with van der Waals surface area (Å²) < 4.78 is 14.0. The van der Waals surface area contributed by atoms with Gasteiger partial charge in [-0.2, -0.15) is 0 Å². The van der Waals surface area contributed by atoms with Crippen molar-refractivity contribution in [1.82, 2.24) is 4.98 Å². The van der Waals surface area contributed by atoms with E-state index in [1.807, 2.05) is 18.2 Å². The van der Waals surface area contributed by atoms with E-state index < -0.39 is 5.92 Å². The molecule has 0 saturated heterocycles. The molecular formula is C16H12BrFN2O2. The van der Waals surface area contributed by atoms with Gasteiger partial charge in [0.1, 0.15) is 5.82 Å². The summed E-state index contributed by atoms with van der Waals surface area (Å²) in [5, 5.41) is 12.0. The third-order valence-electron chi connectivity index (χ3n) is 3.66. The highest BCUT2D eigenvalue weighted by atomic mass is 79.9. The smallest absolute Gasteiger partial charge is 0.214 e. The molecule has 0 amide bonds. The topological polar surface area (TPSA) is 58.9 Å². The molecular weight excluding hydrogens is 351 g/mol. The number of rotatable bonds is 4. The van der Waals surface area contributed by atoms with Gasteiger partial charge in [0.25, 0.3) is 0 Å². The van der Waals surface area contributed by atoms with E-state index >= 15 is 0 Å². The summed E-state index contributed by atoms with van der Waals surface area (Å²) in [6.07, 6.45) is 1.79. The van der Waals surface area contributed by atoms with Gasteiger partial charge in [0, 0.05) is 26.5 Å². The first-order valence-corrected chi connectivity index (χ1v) is 7.47. The van der Waals surface area contributed by atoms with Gasteiger partial charge in [-0.1, -0.05) is 28.1 Å². The Morgan fingerprint density at radius 3 is 2.64 bits per heavy atom. The normalized spacial score (nSPS) is 12.5. The van der Waals surface area contributed by atoms with Gasteiger partial charge in [-0.05, 0) is 41.5 Å². The number of nitrogens with one attached hydrogen (secondary N) is 1. The Morgan fingerprint density at radius 2 is 1.95 bits per heavy atom. The van der Waals surface area contributed by atoms with Crippen LogP contribution in [0, 0.1) is 15.9 Å². The molecule has 4 nitrogen and oxygen atoms in total. The van der Waals surface area contributed by atoms with Crippen molar-refractivity contribution < 1.29 is 9.31 Å². The Labute approximate surface area is 134 Å². The maximum atomic E-state index is 13.1. The van der Waals surface area contributed by atoms with E-state index in [1.165, 1.54) is 12.1 Å². The van der Waals surface area contributed by atoms with Crippen molar-refractivity contribution >= 4 is 26.8 Å². The Balaban J connectivity index is 2.13. The summed E-state index contributed by atoms with van der Waals surface area (Å²) in [5.41, 5.74) is 2.47.